The molecule has 0 bridgehead atoms. The Morgan fingerprint density at radius 3 is 2.43 bits per heavy atom. The van der Waals surface area contributed by atoms with Gasteiger partial charge in [-0.15, -0.1) is 0 Å². The first kappa shape index (κ1) is 13.7. The molecular weight excluding hydrogens is 328 g/mol. The molecule has 3 aromatic rings. The lowest BCUT2D eigenvalue weighted by Crippen LogP contribution is -1.97. The molecule has 0 saturated carbocycles. The predicted molar refractivity (Wildman–Crippen MR) is 87.4 cm³/mol. The van der Waals surface area contributed by atoms with Crippen molar-refractivity contribution in [3.8, 4) is 11.4 Å². The molecule has 0 aliphatic carbocycles. The molecule has 3 rings (SSSR count). The first-order chi connectivity index (χ1) is 10.2. The Bertz CT molecular complexity index is 773. The first-order valence-electron chi connectivity index (χ1n) is 6.50. The highest BCUT2D eigenvalue weighted by Crippen LogP contribution is 2.20. The number of anilines is 2. The van der Waals surface area contributed by atoms with Crippen LogP contribution in [0.1, 0.15) is 5.56 Å². The number of rotatable bonds is 3. The molecule has 0 fully saturated rings. The quantitative estimate of drug-likeness (QED) is 0.720. The number of pyridine rings is 3. The van der Waals surface area contributed by atoms with E-state index in [1.54, 1.807) is 6.20 Å². The maximum Gasteiger partial charge on any atom is 0.132 e. The van der Waals surface area contributed by atoms with Crippen molar-refractivity contribution in [2.45, 2.75) is 6.92 Å². The van der Waals surface area contributed by atoms with Gasteiger partial charge in [0.05, 0.1) is 11.4 Å². The summed E-state index contributed by atoms with van der Waals surface area (Å²) in [4.78, 5) is 13.3. The van der Waals surface area contributed by atoms with E-state index in [0.717, 1.165) is 33.2 Å². The number of halogens is 1. The molecule has 0 unspecified atom stereocenters. The van der Waals surface area contributed by atoms with E-state index in [2.05, 4.69) is 36.2 Å². The van der Waals surface area contributed by atoms with Crippen LogP contribution in [0.3, 0.4) is 0 Å². The van der Waals surface area contributed by atoms with Crippen molar-refractivity contribution in [2.24, 2.45) is 0 Å². The molecule has 0 aliphatic rings. The Morgan fingerprint density at radius 2 is 1.67 bits per heavy atom. The van der Waals surface area contributed by atoms with E-state index in [1.165, 1.54) is 0 Å². The van der Waals surface area contributed by atoms with Gasteiger partial charge in [-0.25, -0.2) is 15.0 Å². The van der Waals surface area contributed by atoms with Crippen molar-refractivity contribution in [2.75, 3.05) is 5.32 Å². The minimum absolute atomic E-state index is 0.743. The summed E-state index contributed by atoms with van der Waals surface area (Å²) in [5.41, 5.74) is 2.79. The van der Waals surface area contributed by atoms with E-state index in [4.69, 9.17) is 0 Å². The van der Waals surface area contributed by atoms with Crippen LogP contribution in [0.15, 0.2) is 59.3 Å². The molecule has 0 spiro atoms. The van der Waals surface area contributed by atoms with E-state index in [9.17, 15) is 0 Å². The van der Waals surface area contributed by atoms with Gasteiger partial charge >= 0.3 is 0 Å². The van der Waals surface area contributed by atoms with Gasteiger partial charge in [0.15, 0.2) is 0 Å². The Labute approximate surface area is 131 Å². The largest absolute Gasteiger partial charge is 0.325 e. The topological polar surface area (TPSA) is 50.7 Å². The molecule has 21 heavy (non-hydrogen) atoms. The summed E-state index contributed by atoms with van der Waals surface area (Å²) in [5.74, 6) is 1.52. The Morgan fingerprint density at radius 1 is 0.905 bits per heavy atom. The first-order valence-corrected chi connectivity index (χ1v) is 7.30. The maximum atomic E-state index is 4.57. The van der Waals surface area contributed by atoms with Crippen LogP contribution in [0, 0.1) is 6.92 Å². The lowest BCUT2D eigenvalue weighted by Gasteiger charge is -2.07. The SMILES string of the molecule is Cc1ccnc(Nc2cccc(-c3cccc(Br)n3)n2)c1. The minimum atomic E-state index is 0.743. The van der Waals surface area contributed by atoms with Crippen molar-refractivity contribution in [1.29, 1.82) is 0 Å². The lowest BCUT2D eigenvalue weighted by molar-refractivity contribution is 1.20. The molecule has 3 aromatic heterocycles. The third-order valence-electron chi connectivity index (χ3n) is 2.90. The third kappa shape index (κ3) is 3.44. The van der Waals surface area contributed by atoms with Crippen LogP contribution in [-0.2, 0) is 0 Å². The summed E-state index contributed by atoms with van der Waals surface area (Å²) in [6, 6.07) is 15.5. The van der Waals surface area contributed by atoms with E-state index in [1.807, 2.05) is 55.5 Å². The van der Waals surface area contributed by atoms with Crippen LogP contribution in [0.4, 0.5) is 11.6 Å². The predicted octanol–water partition coefficient (Wildman–Crippen LogP) is 4.35. The van der Waals surface area contributed by atoms with E-state index in [-0.39, 0.29) is 0 Å². The van der Waals surface area contributed by atoms with Crippen LogP contribution in [-0.4, -0.2) is 15.0 Å². The lowest BCUT2D eigenvalue weighted by atomic mass is 10.2. The summed E-state index contributed by atoms with van der Waals surface area (Å²) in [7, 11) is 0. The highest BCUT2D eigenvalue weighted by Gasteiger charge is 2.04. The Hall–Kier alpha value is -2.27. The van der Waals surface area contributed by atoms with Crippen molar-refractivity contribution in [3.63, 3.8) is 0 Å². The highest BCUT2D eigenvalue weighted by atomic mass is 79.9. The van der Waals surface area contributed by atoms with Gasteiger partial charge in [-0.2, -0.15) is 0 Å². The average Bonchev–Trinajstić information content (AvgIpc) is 2.47. The molecule has 0 atom stereocenters. The van der Waals surface area contributed by atoms with Gasteiger partial charge in [-0.1, -0.05) is 12.1 Å². The molecule has 1 N–H and O–H groups in total. The highest BCUT2D eigenvalue weighted by molar-refractivity contribution is 9.10. The number of hydrogen-bond donors (Lipinski definition) is 1. The molecule has 0 saturated heterocycles. The van der Waals surface area contributed by atoms with E-state index in [0.29, 0.717) is 0 Å². The zero-order valence-corrected chi connectivity index (χ0v) is 13.0. The van der Waals surface area contributed by atoms with Gasteiger partial charge in [0.1, 0.15) is 16.2 Å². The average molecular weight is 341 g/mol. The second-order valence-electron chi connectivity index (χ2n) is 4.60. The number of hydrogen-bond acceptors (Lipinski definition) is 4. The molecule has 4 nitrogen and oxygen atoms in total. The smallest absolute Gasteiger partial charge is 0.132 e. The van der Waals surface area contributed by atoms with Gasteiger partial charge in [0.25, 0.3) is 0 Å². The van der Waals surface area contributed by atoms with Gasteiger partial charge in [0.2, 0.25) is 0 Å². The van der Waals surface area contributed by atoms with Crippen molar-refractivity contribution >= 4 is 27.6 Å². The molecule has 0 amide bonds. The van der Waals surface area contributed by atoms with Crippen LogP contribution in [0.2, 0.25) is 0 Å². The fourth-order valence-electron chi connectivity index (χ4n) is 1.93. The van der Waals surface area contributed by atoms with Crippen molar-refractivity contribution in [1.82, 2.24) is 15.0 Å². The molecule has 5 heteroatoms. The van der Waals surface area contributed by atoms with Crippen LogP contribution >= 0.6 is 15.9 Å². The molecule has 0 aromatic carbocycles. The van der Waals surface area contributed by atoms with Crippen LogP contribution in [0.25, 0.3) is 11.4 Å². The number of nitrogens with zero attached hydrogens (tertiary/aromatic N) is 3. The van der Waals surface area contributed by atoms with Gasteiger partial charge in [0, 0.05) is 6.20 Å². The second-order valence-corrected chi connectivity index (χ2v) is 5.41. The van der Waals surface area contributed by atoms with Crippen LogP contribution in [0.5, 0.6) is 0 Å². The summed E-state index contributed by atoms with van der Waals surface area (Å²) in [6.45, 7) is 2.03. The second kappa shape index (κ2) is 6.01. The fraction of sp³-hybridized carbons (Fsp3) is 0.0625. The molecule has 0 radical (unpaired) electrons. The minimum Gasteiger partial charge on any atom is -0.325 e. The van der Waals surface area contributed by atoms with Gasteiger partial charge in [-0.3, -0.25) is 0 Å². The summed E-state index contributed by atoms with van der Waals surface area (Å²) < 4.78 is 0.792. The number of nitrogens with one attached hydrogen (secondary N) is 1. The van der Waals surface area contributed by atoms with Gasteiger partial charge < -0.3 is 5.32 Å². The zero-order chi connectivity index (χ0) is 14.7. The summed E-state index contributed by atoms with van der Waals surface area (Å²) >= 11 is 3.38. The molecule has 104 valence electrons. The third-order valence-corrected chi connectivity index (χ3v) is 3.34. The molecule has 3 heterocycles. The number of aromatic nitrogens is 3. The van der Waals surface area contributed by atoms with E-state index < -0.39 is 0 Å². The van der Waals surface area contributed by atoms with Crippen molar-refractivity contribution in [3.05, 3.63) is 64.9 Å². The summed E-state index contributed by atoms with van der Waals surface area (Å²) in [6.07, 6.45) is 1.78. The maximum absolute atomic E-state index is 4.57. The standard InChI is InChI=1S/C16H13BrN4/c1-11-8-9-18-16(10-11)21-15-7-3-5-13(20-15)12-4-2-6-14(17)19-12/h2-10H,1H3,(H,18,20,21). The number of aryl methyl sites for hydroxylation is 1. The molecular formula is C16H13BrN4. The Kier molecular flexibility index (Phi) is 3.92. The fourth-order valence-corrected chi connectivity index (χ4v) is 2.28. The van der Waals surface area contributed by atoms with Crippen LogP contribution < -0.4 is 5.32 Å². The monoisotopic (exact) mass is 340 g/mol. The van der Waals surface area contributed by atoms with E-state index >= 15 is 0 Å². The zero-order valence-electron chi connectivity index (χ0n) is 11.4. The van der Waals surface area contributed by atoms with Gasteiger partial charge in [-0.05, 0) is 64.8 Å². The van der Waals surface area contributed by atoms with Crippen molar-refractivity contribution < 1.29 is 0 Å². The Balaban J connectivity index is 1.90. The summed E-state index contributed by atoms with van der Waals surface area (Å²) in [5, 5.41) is 3.21. The normalized spacial score (nSPS) is 10.4. The molecule has 0 aliphatic heterocycles.